The molecule has 1 amide bonds. The average molecular weight is 425 g/mol. The minimum atomic E-state index is -0.559. The fourth-order valence-electron chi connectivity index (χ4n) is 2.88. The lowest BCUT2D eigenvalue weighted by Gasteiger charge is -2.33. The van der Waals surface area contributed by atoms with Crippen molar-refractivity contribution in [2.24, 2.45) is 4.99 Å². The Bertz CT molecular complexity index is 806. The Balaban J connectivity index is 2.14. The predicted octanol–water partition coefficient (Wildman–Crippen LogP) is 3.28. The molecule has 1 saturated heterocycles. The number of amidine groups is 1. The number of aliphatic imine (C=N–C) groups is 1. The zero-order valence-electron chi connectivity index (χ0n) is 14.0. The summed E-state index contributed by atoms with van der Waals surface area (Å²) in [6.07, 6.45) is 0. The number of halogens is 1. The predicted molar refractivity (Wildman–Crippen MR) is 99.5 cm³/mol. The molecule has 8 heteroatoms. The van der Waals surface area contributed by atoms with Crippen molar-refractivity contribution in [3.8, 4) is 5.75 Å². The minimum absolute atomic E-state index is 0.0741. The van der Waals surface area contributed by atoms with Crippen molar-refractivity contribution in [1.29, 1.82) is 0 Å². The molecule has 2 aliphatic rings. The molecule has 0 saturated carbocycles. The van der Waals surface area contributed by atoms with E-state index in [1.165, 1.54) is 11.8 Å². The van der Waals surface area contributed by atoms with E-state index >= 15 is 0 Å². The number of nitrogens with zero attached hydrogens (tertiary/aromatic N) is 2. The van der Waals surface area contributed by atoms with Crippen molar-refractivity contribution < 1.29 is 19.1 Å². The van der Waals surface area contributed by atoms with E-state index in [-0.39, 0.29) is 12.5 Å². The van der Waals surface area contributed by atoms with Gasteiger partial charge in [0.05, 0.1) is 41.3 Å². The maximum atomic E-state index is 12.6. The van der Waals surface area contributed by atoms with Gasteiger partial charge in [-0.1, -0.05) is 17.8 Å². The van der Waals surface area contributed by atoms with E-state index in [0.29, 0.717) is 27.9 Å². The van der Waals surface area contributed by atoms with Crippen molar-refractivity contribution in [2.75, 3.05) is 19.5 Å². The molecule has 132 valence electrons. The molecule has 2 aliphatic heterocycles. The number of fused-ring (bicyclic) bond motifs is 1. The Morgan fingerprint density at radius 1 is 1.48 bits per heavy atom. The largest absolute Gasteiger partial charge is 0.496 e. The summed E-state index contributed by atoms with van der Waals surface area (Å²) in [7, 11) is 1.58. The molecule has 1 aromatic rings. The molecule has 0 N–H and O–H groups in total. The van der Waals surface area contributed by atoms with Crippen LogP contribution in [0.3, 0.4) is 0 Å². The highest BCUT2D eigenvalue weighted by atomic mass is 79.9. The van der Waals surface area contributed by atoms with Gasteiger partial charge >= 0.3 is 5.97 Å². The van der Waals surface area contributed by atoms with Crippen LogP contribution in [0.1, 0.15) is 25.5 Å². The number of thioether (sulfide) groups is 1. The highest BCUT2D eigenvalue weighted by Gasteiger charge is 2.43. The maximum absolute atomic E-state index is 12.6. The van der Waals surface area contributed by atoms with Crippen LogP contribution in [-0.4, -0.2) is 41.4 Å². The highest BCUT2D eigenvalue weighted by Crippen LogP contribution is 2.42. The summed E-state index contributed by atoms with van der Waals surface area (Å²) in [5, 5.41) is 0.618. The minimum Gasteiger partial charge on any atom is -0.496 e. The van der Waals surface area contributed by atoms with E-state index < -0.39 is 12.0 Å². The number of amides is 1. The first kappa shape index (κ1) is 18.0. The maximum Gasteiger partial charge on any atom is 0.338 e. The molecule has 1 fully saturated rings. The Labute approximate surface area is 158 Å². The molecule has 0 bridgehead atoms. The van der Waals surface area contributed by atoms with Crippen LogP contribution in [0.25, 0.3) is 0 Å². The third kappa shape index (κ3) is 3.20. The highest BCUT2D eigenvalue weighted by molar-refractivity contribution is 9.10. The van der Waals surface area contributed by atoms with Crippen LogP contribution in [0.2, 0.25) is 0 Å². The Morgan fingerprint density at radius 2 is 2.24 bits per heavy atom. The molecule has 6 nitrogen and oxygen atoms in total. The first-order valence-electron chi connectivity index (χ1n) is 7.72. The lowest BCUT2D eigenvalue weighted by atomic mass is 9.94. The summed E-state index contributed by atoms with van der Waals surface area (Å²) in [6, 6.07) is 4.95. The van der Waals surface area contributed by atoms with Gasteiger partial charge in [0, 0.05) is 0 Å². The van der Waals surface area contributed by atoms with Crippen molar-refractivity contribution >= 4 is 44.7 Å². The zero-order valence-corrected chi connectivity index (χ0v) is 16.4. The van der Waals surface area contributed by atoms with Crippen LogP contribution in [-0.2, 0) is 14.3 Å². The molecule has 0 spiro atoms. The van der Waals surface area contributed by atoms with Crippen molar-refractivity contribution in [2.45, 2.75) is 19.9 Å². The molecular formula is C17H17BrN2O4S. The summed E-state index contributed by atoms with van der Waals surface area (Å²) in [5.41, 5.74) is 1.75. The first-order valence-corrected chi connectivity index (χ1v) is 9.50. The van der Waals surface area contributed by atoms with Crippen LogP contribution < -0.4 is 4.74 Å². The molecule has 0 aliphatic carbocycles. The number of hydrogen-bond donors (Lipinski definition) is 0. The number of rotatable bonds is 4. The van der Waals surface area contributed by atoms with Crippen LogP contribution in [0, 0.1) is 0 Å². The quantitative estimate of drug-likeness (QED) is 0.693. The number of methoxy groups -OCH3 is 1. The average Bonchev–Trinajstić information content (AvgIpc) is 2.94. The summed E-state index contributed by atoms with van der Waals surface area (Å²) in [4.78, 5) is 31.0. The van der Waals surface area contributed by atoms with Crippen LogP contribution in [0.15, 0.2) is 38.9 Å². The molecule has 3 rings (SSSR count). The third-order valence-corrected chi connectivity index (χ3v) is 5.53. The molecule has 0 radical (unpaired) electrons. The molecule has 2 heterocycles. The van der Waals surface area contributed by atoms with Gasteiger partial charge in [0.15, 0.2) is 5.17 Å². The number of ether oxygens (including phenoxy) is 2. The van der Waals surface area contributed by atoms with Crippen molar-refractivity contribution in [3.05, 3.63) is 39.5 Å². The second-order valence-corrected chi connectivity index (χ2v) is 7.26. The fraction of sp³-hybridized carbons (Fsp3) is 0.353. The van der Waals surface area contributed by atoms with Gasteiger partial charge in [-0.25, -0.2) is 9.79 Å². The molecule has 0 unspecified atom stereocenters. The molecule has 0 aromatic heterocycles. The second kappa shape index (κ2) is 7.21. The van der Waals surface area contributed by atoms with Gasteiger partial charge in [0.2, 0.25) is 5.91 Å². The summed E-state index contributed by atoms with van der Waals surface area (Å²) < 4.78 is 11.2. The van der Waals surface area contributed by atoms with Gasteiger partial charge in [-0.15, -0.1) is 0 Å². The second-order valence-electron chi connectivity index (χ2n) is 5.46. The SMILES string of the molecule is CCOC(=O)C1=C(C)N=C2SCC(=O)N2[C@@H]1c1ccc(OC)c(Br)c1. The summed E-state index contributed by atoms with van der Waals surface area (Å²) in [6.45, 7) is 3.78. The van der Waals surface area contributed by atoms with Gasteiger partial charge in [-0.05, 0) is 47.5 Å². The lowest BCUT2D eigenvalue weighted by Crippen LogP contribution is -2.39. The number of benzene rings is 1. The van der Waals surface area contributed by atoms with Crippen molar-refractivity contribution in [3.63, 3.8) is 0 Å². The molecule has 1 atom stereocenters. The monoisotopic (exact) mass is 424 g/mol. The zero-order chi connectivity index (χ0) is 18.1. The van der Waals surface area contributed by atoms with Crippen LogP contribution in [0.5, 0.6) is 5.75 Å². The Kier molecular flexibility index (Phi) is 5.19. The van der Waals surface area contributed by atoms with Gasteiger partial charge in [0.25, 0.3) is 0 Å². The summed E-state index contributed by atoms with van der Waals surface area (Å²) >= 11 is 4.85. The van der Waals surface area contributed by atoms with Crippen LogP contribution >= 0.6 is 27.7 Å². The van der Waals surface area contributed by atoms with Gasteiger partial charge in [0.1, 0.15) is 5.75 Å². The van der Waals surface area contributed by atoms with E-state index in [2.05, 4.69) is 20.9 Å². The van der Waals surface area contributed by atoms with Gasteiger partial charge in [-0.2, -0.15) is 0 Å². The fourth-order valence-corrected chi connectivity index (χ4v) is 4.38. The standard InChI is InChI=1S/C17H17BrN2O4S/c1-4-24-16(22)14-9(2)19-17-20(13(21)8-25-17)15(14)10-5-6-12(23-3)11(18)7-10/h5-7,15H,4,8H2,1-3H3/t15-/m1/s1. The Hall–Kier alpha value is -1.80. The lowest BCUT2D eigenvalue weighted by molar-refractivity contribution is -0.139. The third-order valence-electron chi connectivity index (χ3n) is 3.97. The van der Waals surface area contributed by atoms with Crippen LogP contribution in [0.4, 0.5) is 0 Å². The number of allylic oxidation sites excluding steroid dienone is 1. The van der Waals surface area contributed by atoms with Crippen molar-refractivity contribution in [1.82, 2.24) is 4.90 Å². The molecule has 25 heavy (non-hydrogen) atoms. The normalized spacial score (nSPS) is 19.7. The van der Waals surface area contributed by atoms with E-state index in [0.717, 1.165) is 10.0 Å². The van der Waals surface area contributed by atoms with E-state index in [4.69, 9.17) is 9.47 Å². The number of carbonyl (C=O) groups excluding carboxylic acids is 2. The van der Waals surface area contributed by atoms with Gasteiger partial charge in [-0.3, -0.25) is 9.69 Å². The van der Waals surface area contributed by atoms with E-state index in [1.54, 1.807) is 31.9 Å². The topological polar surface area (TPSA) is 68.2 Å². The summed E-state index contributed by atoms with van der Waals surface area (Å²) in [5.74, 6) is 0.462. The number of esters is 1. The number of hydrogen-bond acceptors (Lipinski definition) is 6. The molecule has 1 aromatic carbocycles. The Morgan fingerprint density at radius 3 is 2.88 bits per heavy atom. The van der Waals surface area contributed by atoms with E-state index in [9.17, 15) is 9.59 Å². The molecular weight excluding hydrogens is 408 g/mol. The number of carbonyl (C=O) groups is 2. The van der Waals surface area contributed by atoms with Gasteiger partial charge < -0.3 is 9.47 Å². The smallest absolute Gasteiger partial charge is 0.338 e. The van der Waals surface area contributed by atoms with E-state index in [1.807, 2.05) is 12.1 Å². The first-order chi connectivity index (χ1) is 12.0.